The number of nitro groups is 1. The number of hydrogen-bond donors (Lipinski definition) is 0. The highest BCUT2D eigenvalue weighted by molar-refractivity contribution is 5.61. The molecule has 0 saturated heterocycles. The summed E-state index contributed by atoms with van der Waals surface area (Å²) in [5.74, 6) is -10.3. The van der Waals surface area contributed by atoms with Crippen LogP contribution < -0.4 is 4.90 Å². The van der Waals surface area contributed by atoms with E-state index >= 15 is 0 Å². The second-order valence-electron chi connectivity index (χ2n) is 7.86. The summed E-state index contributed by atoms with van der Waals surface area (Å²) in [5, 5.41) is 26.2. The maximum absolute atomic E-state index is 14.3. The van der Waals surface area contributed by atoms with Gasteiger partial charge in [0, 0.05) is 30.9 Å². The van der Waals surface area contributed by atoms with Crippen molar-refractivity contribution in [3.8, 4) is 11.3 Å². The molecular weight excluding hydrogens is 513 g/mol. The van der Waals surface area contributed by atoms with Gasteiger partial charge in [-0.15, -0.1) is 5.10 Å². The third kappa shape index (κ3) is 5.33. The summed E-state index contributed by atoms with van der Waals surface area (Å²) in [7, 11) is 0. The van der Waals surface area contributed by atoms with Gasteiger partial charge in [0.15, 0.2) is 23.3 Å². The molecule has 0 bridgehead atoms. The lowest BCUT2D eigenvalue weighted by Crippen LogP contribution is -2.27. The molecule has 0 unspecified atom stereocenters. The van der Waals surface area contributed by atoms with Crippen molar-refractivity contribution in [1.82, 2.24) is 15.0 Å². The Hall–Kier alpha value is -4.75. The third-order valence-corrected chi connectivity index (χ3v) is 5.60. The lowest BCUT2D eigenvalue weighted by Gasteiger charge is -2.23. The molecular formula is C24H18F5N7O2. The van der Waals surface area contributed by atoms with Crippen LogP contribution in [-0.2, 0) is 6.54 Å². The first-order valence-corrected chi connectivity index (χ1v) is 11.1. The summed E-state index contributed by atoms with van der Waals surface area (Å²) in [4.78, 5) is 12.1. The van der Waals surface area contributed by atoms with Crippen LogP contribution in [0.25, 0.3) is 11.3 Å². The number of rotatable bonds is 9. The van der Waals surface area contributed by atoms with Gasteiger partial charge in [0.1, 0.15) is 0 Å². The Labute approximate surface area is 212 Å². The monoisotopic (exact) mass is 531 g/mol. The molecule has 1 aromatic heterocycles. The topological polar surface area (TPSA) is 102 Å². The summed E-state index contributed by atoms with van der Waals surface area (Å²) < 4.78 is 70.4. The normalized spacial score (nSPS) is 11.3. The predicted molar refractivity (Wildman–Crippen MR) is 127 cm³/mol. The third-order valence-electron chi connectivity index (χ3n) is 5.60. The molecule has 14 heteroatoms. The van der Waals surface area contributed by atoms with E-state index in [-0.39, 0.29) is 24.5 Å². The molecule has 0 saturated carbocycles. The molecule has 1 heterocycles. The van der Waals surface area contributed by atoms with Crippen LogP contribution in [0.1, 0.15) is 6.92 Å². The Bertz CT molecular complexity index is 1460. The summed E-state index contributed by atoms with van der Waals surface area (Å²) in [6.07, 6.45) is 0.930. The number of halogens is 5. The first kappa shape index (κ1) is 26.3. The molecule has 0 fully saturated rings. The molecule has 9 nitrogen and oxygen atoms in total. The minimum atomic E-state index is -2.24. The number of benzene rings is 3. The first-order chi connectivity index (χ1) is 18.2. The van der Waals surface area contributed by atoms with Gasteiger partial charge in [-0.2, -0.15) is 10.2 Å². The van der Waals surface area contributed by atoms with Crippen LogP contribution in [0.4, 0.5) is 44.7 Å². The van der Waals surface area contributed by atoms with E-state index in [1.807, 2.05) is 11.8 Å². The Morgan fingerprint density at radius 3 is 1.92 bits per heavy atom. The molecule has 0 N–H and O–H groups in total. The molecule has 0 amide bonds. The number of azo groups is 1. The molecule has 0 radical (unpaired) electrons. The van der Waals surface area contributed by atoms with E-state index in [0.29, 0.717) is 17.9 Å². The molecule has 196 valence electrons. The average molecular weight is 531 g/mol. The quantitative estimate of drug-likeness (QED) is 0.0614. The SMILES string of the molecule is CCN(CCn1nncc1-c1c(F)c(F)c(F)c(F)c1F)c1ccc(N=Nc2ccc([N+](=O)[O-])cc2)cc1. The van der Waals surface area contributed by atoms with Crippen molar-refractivity contribution in [3.05, 3.63) is 93.9 Å². The van der Waals surface area contributed by atoms with Gasteiger partial charge < -0.3 is 4.90 Å². The van der Waals surface area contributed by atoms with Crippen LogP contribution in [0, 0.1) is 39.2 Å². The zero-order valence-electron chi connectivity index (χ0n) is 19.7. The van der Waals surface area contributed by atoms with Crippen molar-refractivity contribution in [2.24, 2.45) is 10.2 Å². The van der Waals surface area contributed by atoms with Gasteiger partial charge >= 0.3 is 0 Å². The van der Waals surface area contributed by atoms with Crippen molar-refractivity contribution < 1.29 is 26.9 Å². The highest BCUT2D eigenvalue weighted by Crippen LogP contribution is 2.31. The van der Waals surface area contributed by atoms with Gasteiger partial charge in [0.25, 0.3) is 5.69 Å². The lowest BCUT2D eigenvalue weighted by atomic mass is 10.1. The maximum Gasteiger partial charge on any atom is 0.269 e. The van der Waals surface area contributed by atoms with Crippen LogP contribution in [0.15, 0.2) is 65.0 Å². The van der Waals surface area contributed by atoms with Crippen LogP contribution >= 0.6 is 0 Å². The van der Waals surface area contributed by atoms with Gasteiger partial charge in [0.2, 0.25) is 5.82 Å². The minimum absolute atomic E-state index is 0.0320. The summed E-state index contributed by atoms with van der Waals surface area (Å²) >= 11 is 0. The van der Waals surface area contributed by atoms with Crippen LogP contribution in [0.2, 0.25) is 0 Å². The number of nitrogens with zero attached hydrogens (tertiary/aromatic N) is 7. The van der Waals surface area contributed by atoms with Crippen LogP contribution in [0.5, 0.6) is 0 Å². The second kappa shape index (κ2) is 11.1. The Kier molecular flexibility index (Phi) is 7.69. The average Bonchev–Trinajstić information content (AvgIpc) is 3.39. The summed E-state index contributed by atoms with van der Waals surface area (Å²) in [5.41, 5.74) is 0.214. The first-order valence-electron chi connectivity index (χ1n) is 11.1. The molecule has 38 heavy (non-hydrogen) atoms. The number of nitro benzene ring substituents is 1. The van der Waals surface area contributed by atoms with E-state index in [0.717, 1.165) is 16.6 Å². The molecule has 0 aliphatic heterocycles. The van der Waals surface area contributed by atoms with E-state index in [2.05, 4.69) is 20.5 Å². The molecule has 3 aromatic carbocycles. The highest BCUT2D eigenvalue weighted by Gasteiger charge is 2.28. The van der Waals surface area contributed by atoms with Gasteiger partial charge in [-0.05, 0) is 43.3 Å². The summed E-state index contributed by atoms with van der Waals surface area (Å²) in [6.45, 7) is 2.70. The zero-order chi connectivity index (χ0) is 27.4. The summed E-state index contributed by atoms with van der Waals surface area (Å²) in [6, 6.07) is 12.5. The van der Waals surface area contributed by atoms with E-state index in [1.54, 1.807) is 24.3 Å². The van der Waals surface area contributed by atoms with E-state index < -0.39 is 39.6 Å². The van der Waals surface area contributed by atoms with E-state index in [1.165, 1.54) is 24.3 Å². The van der Waals surface area contributed by atoms with Crippen LogP contribution in [0.3, 0.4) is 0 Å². The van der Waals surface area contributed by atoms with Gasteiger partial charge in [0.05, 0.1) is 40.3 Å². The molecule has 0 aliphatic rings. The zero-order valence-corrected chi connectivity index (χ0v) is 19.7. The van der Waals surface area contributed by atoms with Crippen molar-refractivity contribution >= 4 is 22.7 Å². The number of anilines is 1. The number of hydrogen-bond acceptors (Lipinski definition) is 7. The number of likely N-dealkylation sites (N-methyl/N-ethyl adjacent to an activating group) is 1. The van der Waals surface area contributed by atoms with E-state index in [4.69, 9.17) is 0 Å². The van der Waals surface area contributed by atoms with Crippen molar-refractivity contribution in [2.45, 2.75) is 13.5 Å². The van der Waals surface area contributed by atoms with Gasteiger partial charge in [-0.3, -0.25) is 10.1 Å². The van der Waals surface area contributed by atoms with Crippen LogP contribution in [-0.4, -0.2) is 33.0 Å². The Morgan fingerprint density at radius 2 is 1.39 bits per heavy atom. The fourth-order valence-corrected chi connectivity index (χ4v) is 3.62. The second-order valence-corrected chi connectivity index (χ2v) is 7.86. The smallest absolute Gasteiger partial charge is 0.269 e. The fraction of sp³-hybridized carbons (Fsp3) is 0.167. The maximum atomic E-state index is 14.3. The molecule has 0 atom stereocenters. The van der Waals surface area contributed by atoms with Gasteiger partial charge in [-0.25, -0.2) is 26.6 Å². The number of non-ortho nitro benzene ring substituents is 1. The van der Waals surface area contributed by atoms with Crippen molar-refractivity contribution in [1.29, 1.82) is 0 Å². The van der Waals surface area contributed by atoms with Crippen molar-refractivity contribution in [3.63, 3.8) is 0 Å². The van der Waals surface area contributed by atoms with Crippen molar-refractivity contribution in [2.75, 3.05) is 18.0 Å². The Balaban J connectivity index is 1.47. The molecule has 4 rings (SSSR count). The Morgan fingerprint density at radius 1 is 0.868 bits per heavy atom. The molecule has 0 spiro atoms. The largest absolute Gasteiger partial charge is 0.370 e. The van der Waals surface area contributed by atoms with E-state index in [9.17, 15) is 32.1 Å². The number of aromatic nitrogens is 3. The lowest BCUT2D eigenvalue weighted by molar-refractivity contribution is -0.384. The van der Waals surface area contributed by atoms with Gasteiger partial charge in [-0.1, -0.05) is 5.21 Å². The minimum Gasteiger partial charge on any atom is -0.370 e. The standard InChI is InChI=1S/C24H18F5N7O2/c1-2-34(16-7-3-14(4-8-16)31-32-15-5-9-17(10-6-15)36(37)38)11-12-35-18(13-30-33-35)19-20(25)22(27)24(29)23(28)21(19)26/h3-10,13H,2,11-12H2,1H3. The molecule has 0 aliphatic carbocycles. The fourth-order valence-electron chi connectivity index (χ4n) is 3.62. The molecule has 4 aromatic rings. The highest BCUT2D eigenvalue weighted by atomic mass is 19.2. The predicted octanol–water partition coefficient (Wildman–Crippen LogP) is 6.49.